The van der Waals surface area contributed by atoms with Crippen molar-refractivity contribution in [2.45, 2.75) is 6.61 Å². The van der Waals surface area contributed by atoms with Crippen LogP contribution < -0.4 is 14.2 Å². The monoisotopic (exact) mass is 289 g/mol. The summed E-state index contributed by atoms with van der Waals surface area (Å²) < 4.78 is 21.1. The SMILES string of the molecule is O=C(O)C=Cc1cc2c(cc1OCc1ccno1)OCO2. The van der Waals surface area contributed by atoms with Crippen molar-refractivity contribution in [2.24, 2.45) is 0 Å². The van der Waals surface area contributed by atoms with Gasteiger partial charge in [0.15, 0.2) is 17.3 Å². The first-order valence-electron chi connectivity index (χ1n) is 6.09. The maximum Gasteiger partial charge on any atom is 0.328 e. The lowest BCUT2D eigenvalue weighted by Crippen LogP contribution is -1.96. The number of carbonyl (C=O) groups is 1. The Morgan fingerprint density at radius 2 is 2.19 bits per heavy atom. The molecule has 3 rings (SSSR count). The van der Waals surface area contributed by atoms with Crippen molar-refractivity contribution in [3.05, 3.63) is 41.8 Å². The molecule has 0 fully saturated rings. The molecular formula is C14H11NO6. The Kier molecular flexibility index (Phi) is 3.46. The Balaban J connectivity index is 1.87. The molecule has 0 atom stereocenters. The van der Waals surface area contributed by atoms with Crippen LogP contribution in [0.15, 0.2) is 35.0 Å². The summed E-state index contributed by atoms with van der Waals surface area (Å²) in [4.78, 5) is 10.7. The van der Waals surface area contributed by atoms with Crippen molar-refractivity contribution in [3.8, 4) is 17.2 Å². The highest BCUT2D eigenvalue weighted by atomic mass is 16.7. The highest BCUT2D eigenvalue weighted by molar-refractivity contribution is 5.86. The average Bonchev–Trinajstić information content (AvgIpc) is 3.12. The van der Waals surface area contributed by atoms with Crippen molar-refractivity contribution in [1.82, 2.24) is 5.16 Å². The zero-order valence-corrected chi connectivity index (χ0v) is 10.8. The predicted molar refractivity (Wildman–Crippen MR) is 70.1 cm³/mol. The van der Waals surface area contributed by atoms with E-state index in [-0.39, 0.29) is 13.4 Å². The van der Waals surface area contributed by atoms with E-state index < -0.39 is 5.97 Å². The lowest BCUT2D eigenvalue weighted by molar-refractivity contribution is -0.131. The summed E-state index contributed by atoms with van der Waals surface area (Å²) in [5.41, 5.74) is 0.571. The van der Waals surface area contributed by atoms with Crippen molar-refractivity contribution >= 4 is 12.0 Å². The number of fused-ring (bicyclic) bond motifs is 1. The molecule has 0 saturated carbocycles. The number of rotatable bonds is 5. The minimum Gasteiger partial charge on any atom is -0.485 e. The molecule has 21 heavy (non-hydrogen) atoms. The second-order valence-corrected chi connectivity index (χ2v) is 4.18. The van der Waals surface area contributed by atoms with E-state index in [1.165, 1.54) is 12.3 Å². The van der Waals surface area contributed by atoms with Gasteiger partial charge >= 0.3 is 5.97 Å². The fourth-order valence-electron chi connectivity index (χ4n) is 1.82. The Labute approximate surface area is 119 Å². The first-order chi connectivity index (χ1) is 10.2. The molecule has 7 nitrogen and oxygen atoms in total. The lowest BCUT2D eigenvalue weighted by Gasteiger charge is -2.09. The number of aliphatic carboxylic acids is 1. The zero-order chi connectivity index (χ0) is 14.7. The van der Waals surface area contributed by atoms with Crippen LogP contribution in [0.25, 0.3) is 6.08 Å². The number of benzene rings is 1. The van der Waals surface area contributed by atoms with Gasteiger partial charge in [0, 0.05) is 23.8 Å². The highest BCUT2D eigenvalue weighted by Crippen LogP contribution is 2.39. The average molecular weight is 289 g/mol. The van der Waals surface area contributed by atoms with Gasteiger partial charge in [-0.3, -0.25) is 0 Å². The molecule has 1 aliphatic rings. The minimum atomic E-state index is -1.05. The van der Waals surface area contributed by atoms with Crippen LogP contribution in [0.5, 0.6) is 17.2 Å². The van der Waals surface area contributed by atoms with Crippen molar-refractivity contribution < 1.29 is 28.6 Å². The van der Waals surface area contributed by atoms with E-state index in [0.29, 0.717) is 28.6 Å². The molecule has 0 radical (unpaired) electrons. The number of ether oxygens (including phenoxy) is 3. The molecule has 1 aliphatic heterocycles. The standard InChI is InChI=1S/C14H11NO6/c16-14(17)2-1-9-5-12-13(20-8-19-12)6-11(9)18-7-10-3-4-15-21-10/h1-6H,7-8H2,(H,16,17). The summed E-state index contributed by atoms with van der Waals surface area (Å²) in [5.74, 6) is 1.07. The quantitative estimate of drug-likeness (QED) is 0.842. The molecular weight excluding hydrogens is 278 g/mol. The van der Waals surface area contributed by atoms with Gasteiger partial charge in [0.1, 0.15) is 12.4 Å². The van der Waals surface area contributed by atoms with Crippen LogP contribution in [0.2, 0.25) is 0 Å². The summed E-state index contributed by atoms with van der Waals surface area (Å²) in [6.45, 7) is 0.302. The van der Waals surface area contributed by atoms with Gasteiger partial charge in [0.2, 0.25) is 6.79 Å². The smallest absolute Gasteiger partial charge is 0.328 e. The van der Waals surface area contributed by atoms with E-state index in [2.05, 4.69) is 5.16 Å². The van der Waals surface area contributed by atoms with Crippen LogP contribution in [0.1, 0.15) is 11.3 Å². The van der Waals surface area contributed by atoms with E-state index in [0.717, 1.165) is 6.08 Å². The van der Waals surface area contributed by atoms with Crippen LogP contribution >= 0.6 is 0 Å². The third kappa shape index (κ3) is 2.97. The normalized spacial score (nSPS) is 12.8. The molecule has 2 aromatic rings. The largest absolute Gasteiger partial charge is 0.485 e. The molecule has 0 bridgehead atoms. The summed E-state index contributed by atoms with van der Waals surface area (Å²) in [6.07, 6.45) is 3.97. The zero-order valence-electron chi connectivity index (χ0n) is 10.8. The van der Waals surface area contributed by atoms with E-state index in [4.69, 9.17) is 23.8 Å². The van der Waals surface area contributed by atoms with Gasteiger partial charge in [-0.25, -0.2) is 4.79 Å². The second-order valence-electron chi connectivity index (χ2n) is 4.18. The summed E-state index contributed by atoms with van der Waals surface area (Å²) in [6, 6.07) is 5.00. The molecule has 0 saturated heterocycles. The van der Waals surface area contributed by atoms with Gasteiger partial charge in [0.05, 0.1) is 6.20 Å². The van der Waals surface area contributed by atoms with Crippen molar-refractivity contribution in [2.75, 3.05) is 6.79 Å². The molecule has 1 aromatic heterocycles. The molecule has 7 heteroatoms. The predicted octanol–water partition coefficient (Wildman–Crippen LogP) is 2.08. The van der Waals surface area contributed by atoms with Gasteiger partial charge in [-0.15, -0.1) is 0 Å². The number of carboxylic acid groups (broad SMARTS) is 1. The number of aromatic nitrogens is 1. The third-order valence-electron chi connectivity index (χ3n) is 2.77. The third-order valence-corrected chi connectivity index (χ3v) is 2.77. The van der Waals surface area contributed by atoms with Crippen molar-refractivity contribution in [1.29, 1.82) is 0 Å². The first kappa shape index (κ1) is 13.0. The topological polar surface area (TPSA) is 91.0 Å². The molecule has 0 spiro atoms. The van der Waals surface area contributed by atoms with Gasteiger partial charge in [-0.1, -0.05) is 5.16 Å². The second kappa shape index (κ2) is 5.58. The number of nitrogens with zero attached hydrogens (tertiary/aromatic N) is 1. The Hall–Kier alpha value is -2.96. The lowest BCUT2D eigenvalue weighted by atomic mass is 10.1. The van der Waals surface area contributed by atoms with Crippen LogP contribution in [-0.4, -0.2) is 23.0 Å². The van der Waals surface area contributed by atoms with E-state index in [1.54, 1.807) is 18.2 Å². The van der Waals surface area contributed by atoms with Crippen LogP contribution in [-0.2, 0) is 11.4 Å². The maximum absolute atomic E-state index is 10.7. The Morgan fingerprint density at radius 1 is 1.38 bits per heavy atom. The molecule has 1 aromatic carbocycles. The summed E-state index contributed by atoms with van der Waals surface area (Å²) in [7, 11) is 0. The maximum atomic E-state index is 10.7. The number of carboxylic acids is 1. The fourth-order valence-corrected chi connectivity index (χ4v) is 1.82. The minimum absolute atomic E-state index is 0.128. The van der Waals surface area contributed by atoms with Crippen molar-refractivity contribution in [3.63, 3.8) is 0 Å². The molecule has 2 heterocycles. The van der Waals surface area contributed by atoms with Crippen LogP contribution in [0.3, 0.4) is 0 Å². The first-order valence-corrected chi connectivity index (χ1v) is 6.09. The summed E-state index contributed by atoms with van der Waals surface area (Å²) >= 11 is 0. The number of hydrogen-bond donors (Lipinski definition) is 1. The van der Waals surface area contributed by atoms with Crippen LogP contribution in [0, 0.1) is 0 Å². The molecule has 0 unspecified atom stereocenters. The highest BCUT2D eigenvalue weighted by Gasteiger charge is 2.17. The van der Waals surface area contributed by atoms with Gasteiger partial charge in [0.25, 0.3) is 0 Å². The molecule has 1 N–H and O–H groups in total. The van der Waals surface area contributed by atoms with E-state index in [9.17, 15) is 4.79 Å². The van der Waals surface area contributed by atoms with E-state index in [1.807, 2.05) is 0 Å². The number of hydrogen-bond acceptors (Lipinski definition) is 6. The van der Waals surface area contributed by atoms with Gasteiger partial charge in [-0.05, 0) is 12.1 Å². The molecule has 0 aliphatic carbocycles. The fraction of sp³-hybridized carbons (Fsp3) is 0.143. The summed E-state index contributed by atoms with van der Waals surface area (Å²) in [5, 5.41) is 12.3. The molecule has 0 amide bonds. The molecule has 108 valence electrons. The van der Waals surface area contributed by atoms with E-state index >= 15 is 0 Å². The Bertz CT molecular complexity index is 677. The Morgan fingerprint density at radius 3 is 2.90 bits per heavy atom. The van der Waals surface area contributed by atoms with Crippen LogP contribution in [0.4, 0.5) is 0 Å². The van der Waals surface area contributed by atoms with Gasteiger partial charge in [-0.2, -0.15) is 0 Å². The van der Waals surface area contributed by atoms with Gasteiger partial charge < -0.3 is 23.8 Å².